The largest absolute Gasteiger partial charge is 0.293 e. The first kappa shape index (κ1) is 13.8. The SMILES string of the molecule is O=C(CCc1ccccc1)c1ccc(-c2ccccc2)s1. The standard InChI is InChI=1S/C19H16OS/c20-17(12-11-15-7-3-1-4-8-15)19-14-13-18(21-19)16-9-5-2-6-10-16/h1-10,13-14H,11-12H2. The summed E-state index contributed by atoms with van der Waals surface area (Å²) in [5.41, 5.74) is 2.38. The lowest BCUT2D eigenvalue weighted by Gasteiger charge is -1.99. The van der Waals surface area contributed by atoms with Crippen LogP contribution in [-0.4, -0.2) is 5.78 Å². The molecule has 0 saturated heterocycles. The lowest BCUT2D eigenvalue weighted by Crippen LogP contribution is -1.98. The summed E-state index contributed by atoms with van der Waals surface area (Å²) in [6, 6.07) is 24.3. The number of thiophene rings is 1. The van der Waals surface area contributed by atoms with Gasteiger partial charge in [0, 0.05) is 11.3 Å². The molecule has 0 N–H and O–H groups in total. The Morgan fingerprint density at radius 3 is 2.19 bits per heavy atom. The highest BCUT2D eigenvalue weighted by Crippen LogP contribution is 2.28. The van der Waals surface area contributed by atoms with Crippen molar-refractivity contribution in [3.8, 4) is 10.4 Å². The molecule has 1 nitrogen and oxygen atoms in total. The number of rotatable bonds is 5. The van der Waals surface area contributed by atoms with E-state index in [4.69, 9.17) is 0 Å². The Kier molecular flexibility index (Phi) is 4.27. The second-order valence-electron chi connectivity index (χ2n) is 4.94. The van der Waals surface area contributed by atoms with Gasteiger partial charge in [0.15, 0.2) is 5.78 Å². The molecule has 104 valence electrons. The van der Waals surface area contributed by atoms with Crippen molar-refractivity contribution in [2.45, 2.75) is 12.8 Å². The second kappa shape index (κ2) is 6.51. The van der Waals surface area contributed by atoms with E-state index >= 15 is 0 Å². The van der Waals surface area contributed by atoms with Gasteiger partial charge in [0.2, 0.25) is 0 Å². The molecule has 2 aromatic carbocycles. The number of Topliss-reactive ketones (excluding diaryl/α,β-unsaturated/α-hetero) is 1. The first-order valence-corrected chi connectivity index (χ1v) is 7.87. The lowest BCUT2D eigenvalue weighted by atomic mass is 10.1. The van der Waals surface area contributed by atoms with Crippen molar-refractivity contribution in [3.05, 3.63) is 83.2 Å². The Hall–Kier alpha value is -2.19. The first-order valence-electron chi connectivity index (χ1n) is 7.05. The zero-order valence-corrected chi connectivity index (χ0v) is 12.5. The van der Waals surface area contributed by atoms with E-state index in [1.165, 1.54) is 11.1 Å². The van der Waals surface area contributed by atoms with Gasteiger partial charge in [-0.05, 0) is 29.7 Å². The third kappa shape index (κ3) is 3.47. The highest BCUT2D eigenvalue weighted by molar-refractivity contribution is 7.17. The molecule has 0 amide bonds. The van der Waals surface area contributed by atoms with Crippen molar-refractivity contribution in [1.29, 1.82) is 0 Å². The van der Waals surface area contributed by atoms with Crippen LogP contribution in [-0.2, 0) is 6.42 Å². The summed E-state index contributed by atoms with van der Waals surface area (Å²) in [4.78, 5) is 14.3. The van der Waals surface area contributed by atoms with Crippen LogP contribution in [0.15, 0.2) is 72.8 Å². The topological polar surface area (TPSA) is 17.1 Å². The zero-order chi connectivity index (χ0) is 14.5. The van der Waals surface area contributed by atoms with Crippen LogP contribution in [0.25, 0.3) is 10.4 Å². The molecule has 0 atom stereocenters. The van der Waals surface area contributed by atoms with Crippen LogP contribution < -0.4 is 0 Å². The van der Waals surface area contributed by atoms with E-state index in [0.29, 0.717) is 6.42 Å². The third-order valence-electron chi connectivity index (χ3n) is 3.42. The molecule has 3 rings (SSSR count). The quantitative estimate of drug-likeness (QED) is 0.588. The normalized spacial score (nSPS) is 10.5. The molecule has 0 saturated carbocycles. The maximum Gasteiger partial charge on any atom is 0.173 e. The molecule has 2 heteroatoms. The minimum atomic E-state index is 0.228. The number of aryl methyl sites for hydroxylation is 1. The molecule has 1 aromatic heterocycles. The number of hydrogen-bond donors (Lipinski definition) is 0. The molecule has 0 aliphatic carbocycles. The molecule has 1 heterocycles. The van der Waals surface area contributed by atoms with Gasteiger partial charge < -0.3 is 0 Å². The molecule has 0 unspecified atom stereocenters. The van der Waals surface area contributed by atoms with Gasteiger partial charge in [-0.1, -0.05) is 60.7 Å². The Bertz CT molecular complexity index is 714. The molecule has 0 radical (unpaired) electrons. The molecule has 0 bridgehead atoms. The van der Waals surface area contributed by atoms with Crippen molar-refractivity contribution < 1.29 is 4.79 Å². The highest BCUT2D eigenvalue weighted by Gasteiger charge is 2.10. The van der Waals surface area contributed by atoms with Crippen molar-refractivity contribution in [2.24, 2.45) is 0 Å². The molecule has 3 aromatic rings. The Labute approximate surface area is 128 Å². The summed E-state index contributed by atoms with van der Waals surface area (Å²) >= 11 is 1.58. The Morgan fingerprint density at radius 2 is 1.48 bits per heavy atom. The van der Waals surface area contributed by atoms with Crippen molar-refractivity contribution in [3.63, 3.8) is 0 Å². The number of ketones is 1. The summed E-state index contributed by atoms with van der Waals surface area (Å²) in [6.45, 7) is 0. The van der Waals surface area contributed by atoms with E-state index in [1.54, 1.807) is 11.3 Å². The fraction of sp³-hybridized carbons (Fsp3) is 0.105. The van der Waals surface area contributed by atoms with Crippen molar-refractivity contribution >= 4 is 17.1 Å². The number of benzene rings is 2. The van der Waals surface area contributed by atoms with E-state index in [1.807, 2.05) is 48.5 Å². The van der Waals surface area contributed by atoms with Gasteiger partial charge in [-0.2, -0.15) is 0 Å². The smallest absolute Gasteiger partial charge is 0.173 e. The maximum atomic E-state index is 12.3. The van der Waals surface area contributed by atoms with E-state index in [-0.39, 0.29) is 5.78 Å². The van der Waals surface area contributed by atoms with Gasteiger partial charge in [-0.15, -0.1) is 11.3 Å². The summed E-state index contributed by atoms with van der Waals surface area (Å²) in [5.74, 6) is 0.228. The molecule has 21 heavy (non-hydrogen) atoms. The van der Waals surface area contributed by atoms with Crippen LogP contribution in [0.2, 0.25) is 0 Å². The minimum Gasteiger partial charge on any atom is -0.293 e. The molecular formula is C19H16OS. The van der Waals surface area contributed by atoms with E-state index in [0.717, 1.165) is 16.2 Å². The maximum absolute atomic E-state index is 12.3. The van der Waals surface area contributed by atoms with Gasteiger partial charge in [0.05, 0.1) is 4.88 Å². The zero-order valence-electron chi connectivity index (χ0n) is 11.7. The molecule has 0 fully saturated rings. The monoisotopic (exact) mass is 292 g/mol. The molecule has 0 spiro atoms. The first-order chi connectivity index (χ1) is 10.3. The van der Waals surface area contributed by atoms with Crippen LogP contribution in [0.1, 0.15) is 21.7 Å². The van der Waals surface area contributed by atoms with Crippen LogP contribution >= 0.6 is 11.3 Å². The molecule has 0 aliphatic rings. The van der Waals surface area contributed by atoms with E-state index < -0.39 is 0 Å². The number of hydrogen-bond acceptors (Lipinski definition) is 2. The molecular weight excluding hydrogens is 276 g/mol. The minimum absolute atomic E-state index is 0.228. The molecule has 0 aliphatic heterocycles. The van der Waals surface area contributed by atoms with Crippen LogP contribution in [0.5, 0.6) is 0 Å². The third-order valence-corrected chi connectivity index (χ3v) is 4.60. The van der Waals surface area contributed by atoms with Crippen LogP contribution in [0.3, 0.4) is 0 Å². The van der Waals surface area contributed by atoms with Crippen molar-refractivity contribution in [1.82, 2.24) is 0 Å². The summed E-state index contributed by atoms with van der Waals surface area (Å²) in [5, 5.41) is 0. The average molecular weight is 292 g/mol. The second-order valence-corrected chi connectivity index (χ2v) is 6.02. The fourth-order valence-electron chi connectivity index (χ4n) is 2.27. The van der Waals surface area contributed by atoms with Gasteiger partial charge in [-0.3, -0.25) is 4.79 Å². The number of carbonyl (C=O) groups excluding carboxylic acids is 1. The summed E-state index contributed by atoms with van der Waals surface area (Å²) < 4.78 is 0. The average Bonchev–Trinajstić information content (AvgIpc) is 3.04. The van der Waals surface area contributed by atoms with Gasteiger partial charge in [0.25, 0.3) is 0 Å². The number of carbonyl (C=O) groups is 1. The van der Waals surface area contributed by atoms with Gasteiger partial charge >= 0.3 is 0 Å². The predicted molar refractivity (Wildman–Crippen MR) is 88.8 cm³/mol. The van der Waals surface area contributed by atoms with Crippen LogP contribution in [0.4, 0.5) is 0 Å². The van der Waals surface area contributed by atoms with E-state index in [9.17, 15) is 4.79 Å². The Balaban J connectivity index is 1.67. The highest BCUT2D eigenvalue weighted by atomic mass is 32.1. The summed E-state index contributed by atoms with van der Waals surface area (Å²) in [7, 11) is 0. The van der Waals surface area contributed by atoms with Gasteiger partial charge in [0.1, 0.15) is 0 Å². The predicted octanol–water partition coefficient (Wildman–Crippen LogP) is 5.23. The summed E-state index contributed by atoms with van der Waals surface area (Å²) in [6.07, 6.45) is 1.37. The van der Waals surface area contributed by atoms with Crippen molar-refractivity contribution in [2.75, 3.05) is 0 Å². The van der Waals surface area contributed by atoms with Crippen LogP contribution in [0, 0.1) is 0 Å². The lowest BCUT2D eigenvalue weighted by molar-refractivity contribution is 0.0987. The fourth-order valence-corrected chi connectivity index (χ4v) is 3.25. The van der Waals surface area contributed by atoms with Gasteiger partial charge in [-0.25, -0.2) is 0 Å². The Morgan fingerprint density at radius 1 is 0.810 bits per heavy atom. The van der Waals surface area contributed by atoms with E-state index in [2.05, 4.69) is 24.3 Å².